The Kier molecular flexibility index (Phi) is 3.06. The number of fused-ring (bicyclic) bond motifs is 1. The van der Waals surface area contributed by atoms with Crippen molar-refractivity contribution in [3.8, 4) is 11.5 Å². The van der Waals surface area contributed by atoms with Crippen molar-refractivity contribution in [1.29, 1.82) is 0 Å². The van der Waals surface area contributed by atoms with E-state index in [1.807, 2.05) is 13.0 Å². The van der Waals surface area contributed by atoms with Crippen LogP contribution in [0.3, 0.4) is 0 Å². The van der Waals surface area contributed by atoms with Crippen LogP contribution in [0.5, 0.6) is 11.5 Å². The summed E-state index contributed by atoms with van der Waals surface area (Å²) in [4.78, 5) is 14.9. The van der Waals surface area contributed by atoms with Gasteiger partial charge in [0.25, 0.3) is 0 Å². The number of hydrogen-bond donors (Lipinski definition) is 1. The molecule has 3 rings (SSSR count). The zero-order chi connectivity index (χ0) is 14.1. The standard InChI is InChI=1S/C14H13NO5/c1-8-11(15-7-19-8)6-18-10-3-2-9-4-13(14(16)17)20-12(9)5-10/h2-3,5,7,13H,4,6H2,1H3,(H,16,17). The molecule has 0 radical (unpaired) electrons. The number of rotatable bonds is 4. The molecular formula is C14H13NO5. The summed E-state index contributed by atoms with van der Waals surface area (Å²) in [5.74, 6) is 0.930. The maximum atomic E-state index is 10.9. The van der Waals surface area contributed by atoms with Crippen molar-refractivity contribution in [2.75, 3.05) is 0 Å². The maximum Gasteiger partial charge on any atom is 0.345 e. The number of hydrogen-bond acceptors (Lipinski definition) is 5. The summed E-state index contributed by atoms with van der Waals surface area (Å²) >= 11 is 0. The molecule has 104 valence electrons. The molecule has 1 aliphatic heterocycles. The van der Waals surface area contributed by atoms with Gasteiger partial charge in [0.2, 0.25) is 0 Å². The Balaban J connectivity index is 1.70. The highest BCUT2D eigenvalue weighted by atomic mass is 16.5. The minimum absolute atomic E-state index is 0.295. The lowest BCUT2D eigenvalue weighted by Gasteiger charge is -2.07. The van der Waals surface area contributed by atoms with E-state index in [2.05, 4.69) is 4.98 Å². The minimum atomic E-state index is -0.957. The van der Waals surface area contributed by atoms with E-state index in [1.54, 1.807) is 12.1 Å². The molecule has 0 saturated heterocycles. The van der Waals surface area contributed by atoms with Crippen molar-refractivity contribution >= 4 is 5.97 Å². The van der Waals surface area contributed by atoms with Gasteiger partial charge in [0.15, 0.2) is 12.5 Å². The summed E-state index contributed by atoms with van der Waals surface area (Å²) in [5.41, 5.74) is 1.61. The molecule has 0 aliphatic carbocycles. The Morgan fingerprint density at radius 3 is 3.10 bits per heavy atom. The van der Waals surface area contributed by atoms with Gasteiger partial charge in [-0.25, -0.2) is 9.78 Å². The first-order chi connectivity index (χ1) is 9.63. The van der Waals surface area contributed by atoms with Crippen LogP contribution in [0.4, 0.5) is 0 Å². The highest BCUT2D eigenvalue weighted by molar-refractivity contribution is 5.74. The Bertz CT molecular complexity index is 649. The van der Waals surface area contributed by atoms with E-state index in [1.165, 1.54) is 6.39 Å². The lowest BCUT2D eigenvalue weighted by Crippen LogP contribution is -2.24. The third kappa shape index (κ3) is 2.32. The van der Waals surface area contributed by atoms with Gasteiger partial charge in [-0.15, -0.1) is 0 Å². The molecule has 0 bridgehead atoms. The Morgan fingerprint density at radius 1 is 1.55 bits per heavy atom. The number of carbonyl (C=O) groups is 1. The lowest BCUT2D eigenvalue weighted by atomic mass is 10.1. The number of benzene rings is 1. The zero-order valence-electron chi connectivity index (χ0n) is 10.8. The van der Waals surface area contributed by atoms with Crippen LogP contribution < -0.4 is 9.47 Å². The zero-order valence-corrected chi connectivity index (χ0v) is 10.8. The second-order valence-electron chi connectivity index (χ2n) is 4.56. The molecule has 1 aromatic heterocycles. The largest absolute Gasteiger partial charge is 0.487 e. The van der Waals surface area contributed by atoms with E-state index >= 15 is 0 Å². The van der Waals surface area contributed by atoms with Crippen LogP contribution in [0, 0.1) is 6.92 Å². The molecular weight excluding hydrogens is 262 g/mol. The fourth-order valence-electron chi connectivity index (χ4n) is 2.05. The number of nitrogens with zero attached hydrogens (tertiary/aromatic N) is 1. The van der Waals surface area contributed by atoms with Gasteiger partial charge in [0.1, 0.15) is 29.6 Å². The van der Waals surface area contributed by atoms with Crippen LogP contribution in [0.15, 0.2) is 29.0 Å². The second kappa shape index (κ2) is 4.88. The van der Waals surface area contributed by atoms with Crippen LogP contribution in [-0.2, 0) is 17.8 Å². The molecule has 0 spiro atoms. The number of aryl methyl sites for hydroxylation is 1. The van der Waals surface area contributed by atoms with Gasteiger partial charge in [-0.1, -0.05) is 6.07 Å². The van der Waals surface area contributed by atoms with Crippen molar-refractivity contribution in [3.63, 3.8) is 0 Å². The van der Waals surface area contributed by atoms with Crippen molar-refractivity contribution < 1.29 is 23.8 Å². The highest BCUT2D eigenvalue weighted by Gasteiger charge is 2.28. The first-order valence-electron chi connectivity index (χ1n) is 6.17. The SMILES string of the molecule is Cc1ocnc1COc1ccc2c(c1)OC(C(=O)O)C2. The minimum Gasteiger partial charge on any atom is -0.487 e. The smallest absolute Gasteiger partial charge is 0.345 e. The van der Waals surface area contributed by atoms with Crippen molar-refractivity contribution in [1.82, 2.24) is 4.98 Å². The van der Waals surface area contributed by atoms with Crippen LogP contribution in [-0.4, -0.2) is 22.2 Å². The van der Waals surface area contributed by atoms with E-state index in [4.69, 9.17) is 19.0 Å². The predicted molar refractivity (Wildman–Crippen MR) is 67.8 cm³/mol. The maximum absolute atomic E-state index is 10.9. The van der Waals surface area contributed by atoms with Gasteiger partial charge in [-0.3, -0.25) is 0 Å². The molecule has 6 heteroatoms. The van der Waals surface area contributed by atoms with E-state index in [-0.39, 0.29) is 0 Å². The summed E-state index contributed by atoms with van der Waals surface area (Å²) in [7, 11) is 0. The normalized spacial score (nSPS) is 16.6. The number of carboxylic acid groups (broad SMARTS) is 1. The van der Waals surface area contributed by atoms with Crippen LogP contribution in [0.25, 0.3) is 0 Å². The monoisotopic (exact) mass is 275 g/mol. The third-order valence-electron chi connectivity index (χ3n) is 3.21. The van der Waals surface area contributed by atoms with Gasteiger partial charge >= 0.3 is 5.97 Å². The van der Waals surface area contributed by atoms with Crippen molar-refractivity contribution in [3.05, 3.63) is 41.6 Å². The fourth-order valence-corrected chi connectivity index (χ4v) is 2.05. The Hall–Kier alpha value is -2.50. The third-order valence-corrected chi connectivity index (χ3v) is 3.21. The first-order valence-corrected chi connectivity index (χ1v) is 6.17. The predicted octanol–water partition coefficient (Wildman–Crippen LogP) is 1.95. The molecule has 1 aliphatic rings. The number of aliphatic carboxylic acids is 1. The summed E-state index contributed by atoms with van der Waals surface area (Å²) < 4.78 is 16.0. The molecule has 20 heavy (non-hydrogen) atoms. The van der Waals surface area contributed by atoms with Gasteiger partial charge in [0, 0.05) is 12.5 Å². The number of ether oxygens (including phenoxy) is 2. The molecule has 0 amide bonds. The molecule has 0 saturated carbocycles. The molecule has 1 unspecified atom stereocenters. The topological polar surface area (TPSA) is 81.8 Å². The van der Waals surface area contributed by atoms with Gasteiger partial charge in [0.05, 0.1) is 0 Å². The summed E-state index contributed by atoms with van der Waals surface area (Å²) in [6.07, 6.45) is 0.947. The summed E-state index contributed by atoms with van der Waals surface area (Å²) in [6, 6.07) is 5.32. The average Bonchev–Trinajstić information content (AvgIpc) is 3.01. The van der Waals surface area contributed by atoms with E-state index in [0.29, 0.717) is 30.3 Å². The average molecular weight is 275 g/mol. The number of carboxylic acids is 1. The number of oxazole rings is 1. The highest BCUT2D eigenvalue weighted by Crippen LogP contribution is 2.32. The molecule has 1 N–H and O–H groups in total. The molecule has 6 nitrogen and oxygen atoms in total. The number of aromatic nitrogens is 1. The molecule has 2 aromatic rings. The van der Waals surface area contributed by atoms with Gasteiger partial charge < -0.3 is 19.0 Å². The Morgan fingerprint density at radius 2 is 2.40 bits per heavy atom. The van der Waals surface area contributed by atoms with E-state index < -0.39 is 12.1 Å². The first kappa shape index (κ1) is 12.5. The second-order valence-corrected chi connectivity index (χ2v) is 4.56. The van der Waals surface area contributed by atoms with Crippen molar-refractivity contribution in [2.45, 2.75) is 26.1 Å². The quantitative estimate of drug-likeness (QED) is 0.918. The van der Waals surface area contributed by atoms with Crippen molar-refractivity contribution in [2.24, 2.45) is 0 Å². The molecule has 0 fully saturated rings. The summed E-state index contributed by atoms with van der Waals surface area (Å²) in [6.45, 7) is 2.11. The van der Waals surface area contributed by atoms with Crippen LogP contribution in [0.2, 0.25) is 0 Å². The molecule has 1 aromatic carbocycles. The lowest BCUT2D eigenvalue weighted by molar-refractivity contribution is -0.144. The van der Waals surface area contributed by atoms with Crippen LogP contribution >= 0.6 is 0 Å². The molecule has 1 atom stereocenters. The van der Waals surface area contributed by atoms with E-state index in [0.717, 1.165) is 11.3 Å². The van der Waals surface area contributed by atoms with Crippen LogP contribution in [0.1, 0.15) is 17.0 Å². The van der Waals surface area contributed by atoms with E-state index in [9.17, 15) is 4.79 Å². The molecule has 2 heterocycles. The van der Waals surface area contributed by atoms with Gasteiger partial charge in [-0.05, 0) is 18.6 Å². The van der Waals surface area contributed by atoms with Gasteiger partial charge in [-0.2, -0.15) is 0 Å². The fraction of sp³-hybridized carbons (Fsp3) is 0.286. The Labute approximate surface area is 115 Å². The summed E-state index contributed by atoms with van der Waals surface area (Å²) in [5, 5.41) is 8.94.